The molecule has 0 bridgehead atoms. The number of thioether (sulfide) groups is 1. The number of carbonyl (C=O) groups is 2. The van der Waals surface area contributed by atoms with Crippen LogP contribution in [0.5, 0.6) is 0 Å². The van der Waals surface area contributed by atoms with E-state index in [1.165, 1.54) is 17.3 Å². The van der Waals surface area contributed by atoms with Crippen molar-refractivity contribution < 1.29 is 9.59 Å². The summed E-state index contributed by atoms with van der Waals surface area (Å²) in [5.41, 5.74) is 4.98. The fourth-order valence-corrected chi connectivity index (χ4v) is 5.66. The molecule has 1 heterocycles. The van der Waals surface area contributed by atoms with Gasteiger partial charge in [0.25, 0.3) is 5.91 Å². The number of nitrogens with zero attached hydrogens (tertiary/aromatic N) is 2. The van der Waals surface area contributed by atoms with Crippen molar-refractivity contribution in [1.29, 1.82) is 5.26 Å². The standard InChI is InChI=1S/C32H33N3O2S/c1-21(2)25-12-10-23(11-13-25)18-29-31(37)35(27-16-14-26(15-17-27)22(3)4)32(38-29)28(19-33)30(36)34-20-24-8-6-5-7-9-24/h5-17,21-22,29H,18,20H2,1-4H3,(H,34,36)/b32-28-. The number of hydrogen-bond donors (Lipinski definition) is 1. The van der Waals surface area contributed by atoms with Crippen LogP contribution >= 0.6 is 11.8 Å². The molecular formula is C32H33N3O2S. The van der Waals surface area contributed by atoms with Crippen molar-refractivity contribution in [2.24, 2.45) is 0 Å². The van der Waals surface area contributed by atoms with E-state index in [9.17, 15) is 14.9 Å². The van der Waals surface area contributed by atoms with E-state index >= 15 is 0 Å². The summed E-state index contributed by atoms with van der Waals surface area (Å²) in [5, 5.41) is 12.8. The second kappa shape index (κ2) is 12.1. The molecule has 1 fully saturated rings. The minimum atomic E-state index is -0.489. The van der Waals surface area contributed by atoms with Crippen molar-refractivity contribution in [3.63, 3.8) is 0 Å². The van der Waals surface area contributed by atoms with Gasteiger partial charge in [-0.05, 0) is 52.6 Å². The smallest absolute Gasteiger partial charge is 0.264 e. The minimum Gasteiger partial charge on any atom is -0.347 e. The van der Waals surface area contributed by atoms with E-state index in [-0.39, 0.29) is 11.5 Å². The largest absolute Gasteiger partial charge is 0.347 e. The van der Waals surface area contributed by atoms with Gasteiger partial charge in [-0.1, -0.05) is 106 Å². The molecule has 1 unspecified atom stereocenters. The van der Waals surface area contributed by atoms with Gasteiger partial charge in [0.05, 0.1) is 5.25 Å². The minimum absolute atomic E-state index is 0.0510. The Kier molecular flexibility index (Phi) is 8.70. The average Bonchev–Trinajstić information content (AvgIpc) is 3.23. The van der Waals surface area contributed by atoms with Crippen LogP contribution in [0.25, 0.3) is 0 Å². The van der Waals surface area contributed by atoms with Gasteiger partial charge >= 0.3 is 0 Å². The van der Waals surface area contributed by atoms with E-state index in [1.807, 2.05) is 54.6 Å². The molecule has 1 atom stereocenters. The number of amides is 2. The van der Waals surface area contributed by atoms with E-state index in [1.54, 1.807) is 4.90 Å². The van der Waals surface area contributed by atoms with Gasteiger partial charge in [0.1, 0.15) is 16.7 Å². The van der Waals surface area contributed by atoms with Gasteiger partial charge in [0, 0.05) is 12.2 Å². The van der Waals surface area contributed by atoms with E-state index < -0.39 is 11.2 Å². The summed E-state index contributed by atoms with van der Waals surface area (Å²) in [6.07, 6.45) is 0.510. The molecule has 0 spiro atoms. The van der Waals surface area contributed by atoms with Crippen molar-refractivity contribution in [2.75, 3.05) is 4.90 Å². The monoisotopic (exact) mass is 523 g/mol. The predicted octanol–water partition coefficient (Wildman–Crippen LogP) is 6.68. The first-order chi connectivity index (χ1) is 18.3. The molecule has 0 aromatic heterocycles. The molecule has 1 aliphatic rings. The van der Waals surface area contributed by atoms with Gasteiger partial charge in [-0.25, -0.2) is 0 Å². The molecular weight excluding hydrogens is 490 g/mol. The van der Waals surface area contributed by atoms with Crippen LogP contribution in [-0.2, 0) is 22.6 Å². The fourth-order valence-electron chi connectivity index (χ4n) is 4.35. The molecule has 3 aromatic rings. The first-order valence-electron chi connectivity index (χ1n) is 12.9. The molecule has 1 N–H and O–H groups in total. The number of carbonyl (C=O) groups excluding carboxylic acids is 2. The lowest BCUT2D eigenvalue weighted by Crippen LogP contribution is -2.32. The lowest BCUT2D eigenvalue weighted by molar-refractivity contribution is -0.117. The second-order valence-corrected chi connectivity index (χ2v) is 11.3. The molecule has 194 valence electrons. The van der Waals surface area contributed by atoms with Crippen LogP contribution in [0.3, 0.4) is 0 Å². The highest BCUT2D eigenvalue weighted by Crippen LogP contribution is 2.42. The third-order valence-electron chi connectivity index (χ3n) is 6.69. The maximum atomic E-state index is 13.8. The van der Waals surface area contributed by atoms with E-state index in [4.69, 9.17) is 0 Å². The Morgan fingerprint density at radius 2 is 1.47 bits per heavy atom. The van der Waals surface area contributed by atoms with Crippen molar-refractivity contribution in [3.05, 3.63) is 112 Å². The Bertz CT molecular complexity index is 1350. The van der Waals surface area contributed by atoms with Crippen LogP contribution in [0, 0.1) is 11.3 Å². The first kappa shape index (κ1) is 27.2. The van der Waals surface area contributed by atoms with Crippen molar-refractivity contribution >= 4 is 29.3 Å². The molecule has 3 aromatic carbocycles. The topological polar surface area (TPSA) is 73.2 Å². The summed E-state index contributed by atoms with van der Waals surface area (Å²) in [6, 6.07) is 27.7. The number of rotatable bonds is 8. The molecule has 5 nitrogen and oxygen atoms in total. The number of nitriles is 1. The van der Waals surface area contributed by atoms with Gasteiger partial charge in [-0.15, -0.1) is 0 Å². The van der Waals surface area contributed by atoms with Crippen LogP contribution in [-0.4, -0.2) is 17.1 Å². The number of hydrogen-bond acceptors (Lipinski definition) is 4. The zero-order valence-corrected chi connectivity index (χ0v) is 23.1. The highest BCUT2D eigenvalue weighted by molar-refractivity contribution is 8.05. The lowest BCUT2D eigenvalue weighted by Gasteiger charge is -2.19. The van der Waals surface area contributed by atoms with E-state index in [0.717, 1.165) is 16.7 Å². The second-order valence-electron chi connectivity index (χ2n) is 10.1. The SMILES string of the molecule is CC(C)c1ccc(CC2S/C(=C(/C#N)C(=O)NCc3ccccc3)N(c3ccc(C(C)C)cc3)C2=O)cc1. The molecule has 38 heavy (non-hydrogen) atoms. The normalized spacial score (nSPS) is 16.6. The molecule has 1 saturated heterocycles. The maximum absolute atomic E-state index is 13.8. The summed E-state index contributed by atoms with van der Waals surface area (Å²) in [5.74, 6) is 0.164. The molecule has 0 radical (unpaired) electrons. The van der Waals surface area contributed by atoms with E-state index in [0.29, 0.717) is 35.5 Å². The molecule has 0 saturated carbocycles. The Hall–Kier alpha value is -3.82. The van der Waals surface area contributed by atoms with Gasteiger partial charge in [-0.3, -0.25) is 14.5 Å². The summed E-state index contributed by atoms with van der Waals surface area (Å²) >= 11 is 1.29. The molecule has 0 aliphatic carbocycles. The molecule has 2 amide bonds. The summed E-state index contributed by atoms with van der Waals surface area (Å²) < 4.78 is 0. The molecule has 1 aliphatic heterocycles. The zero-order valence-electron chi connectivity index (χ0n) is 22.3. The van der Waals surface area contributed by atoms with Gasteiger partial charge in [0.15, 0.2) is 0 Å². The summed E-state index contributed by atoms with van der Waals surface area (Å²) in [6.45, 7) is 8.82. The third kappa shape index (κ3) is 6.17. The number of benzene rings is 3. The van der Waals surface area contributed by atoms with Crippen LogP contribution in [0.2, 0.25) is 0 Å². The zero-order chi connectivity index (χ0) is 27.2. The Balaban J connectivity index is 1.66. The third-order valence-corrected chi connectivity index (χ3v) is 7.95. The van der Waals surface area contributed by atoms with Crippen LogP contribution in [0.1, 0.15) is 61.8 Å². The lowest BCUT2D eigenvalue weighted by atomic mass is 10.00. The molecule has 4 rings (SSSR count). The van der Waals surface area contributed by atoms with Gasteiger partial charge < -0.3 is 5.32 Å². The molecule has 6 heteroatoms. The first-order valence-corrected chi connectivity index (χ1v) is 13.8. The van der Waals surface area contributed by atoms with Crippen molar-refractivity contribution in [3.8, 4) is 6.07 Å². The van der Waals surface area contributed by atoms with Crippen molar-refractivity contribution in [2.45, 2.75) is 57.7 Å². The van der Waals surface area contributed by atoms with Crippen LogP contribution < -0.4 is 10.2 Å². The highest BCUT2D eigenvalue weighted by Gasteiger charge is 2.40. The average molecular weight is 524 g/mol. The maximum Gasteiger partial charge on any atom is 0.264 e. The van der Waals surface area contributed by atoms with Gasteiger partial charge in [-0.2, -0.15) is 5.26 Å². The number of anilines is 1. The Morgan fingerprint density at radius 1 is 0.895 bits per heavy atom. The fraction of sp³-hybridized carbons (Fsp3) is 0.281. The predicted molar refractivity (Wildman–Crippen MR) is 155 cm³/mol. The van der Waals surface area contributed by atoms with Crippen LogP contribution in [0.4, 0.5) is 5.69 Å². The van der Waals surface area contributed by atoms with Crippen molar-refractivity contribution in [1.82, 2.24) is 5.32 Å². The van der Waals surface area contributed by atoms with Crippen LogP contribution in [0.15, 0.2) is 89.5 Å². The Morgan fingerprint density at radius 3 is 2.03 bits per heavy atom. The highest BCUT2D eigenvalue weighted by atomic mass is 32.2. The van der Waals surface area contributed by atoms with Gasteiger partial charge in [0.2, 0.25) is 5.91 Å². The Labute approximate surface area is 229 Å². The summed E-state index contributed by atoms with van der Waals surface area (Å²) in [7, 11) is 0. The van der Waals surface area contributed by atoms with E-state index in [2.05, 4.69) is 63.3 Å². The number of nitrogens with one attached hydrogen (secondary N) is 1. The summed E-state index contributed by atoms with van der Waals surface area (Å²) in [4.78, 5) is 28.5. The quantitative estimate of drug-likeness (QED) is 0.264.